The zero-order valence-electron chi connectivity index (χ0n) is 9.86. The van der Waals surface area contributed by atoms with E-state index in [4.69, 9.17) is 4.74 Å². The highest BCUT2D eigenvalue weighted by Gasteiger charge is 2.26. The first-order valence-electron chi connectivity index (χ1n) is 5.87. The lowest BCUT2D eigenvalue weighted by Crippen LogP contribution is -2.20. The van der Waals surface area contributed by atoms with Crippen molar-refractivity contribution < 1.29 is 9.53 Å². The normalized spacial score (nSPS) is 25.4. The Balaban J connectivity index is 2.01. The first-order chi connectivity index (χ1) is 7.70. The summed E-state index contributed by atoms with van der Waals surface area (Å²) >= 11 is 1.50. The predicted octanol–water partition coefficient (Wildman–Crippen LogP) is 3.77. The zero-order chi connectivity index (χ0) is 11.5. The second kappa shape index (κ2) is 5.00. The number of carbonyl (C=O) groups excluding carboxylic acids is 1. The minimum atomic E-state index is 0.250. The lowest BCUT2D eigenvalue weighted by molar-refractivity contribution is 0.0880. The van der Waals surface area contributed by atoms with Crippen LogP contribution in [0, 0.1) is 11.8 Å². The van der Waals surface area contributed by atoms with E-state index in [9.17, 15) is 4.79 Å². The van der Waals surface area contributed by atoms with Crippen molar-refractivity contribution in [1.29, 1.82) is 0 Å². The van der Waals surface area contributed by atoms with Gasteiger partial charge in [-0.3, -0.25) is 4.79 Å². The van der Waals surface area contributed by atoms with E-state index in [0.717, 1.165) is 29.4 Å². The van der Waals surface area contributed by atoms with Crippen LogP contribution in [0.4, 0.5) is 0 Å². The first kappa shape index (κ1) is 11.6. The van der Waals surface area contributed by atoms with Crippen LogP contribution < -0.4 is 4.74 Å². The number of carbonyl (C=O) groups is 1. The highest BCUT2D eigenvalue weighted by atomic mass is 32.1. The van der Waals surface area contributed by atoms with Gasteiger partial charge in [0, 0.05) is 17.4 Å². The molecule has 0 spiro atoms. The lowest BCUT2D eigenvalue weighted by atomic mass is 9.80. The van der Waals surface area contributed by atoms with E-state index in [2.05, 4.69) is 6.92 Å². The summed E-state index contributed by atoms with van der Waals surface area (Å²) in [6.45, 7) is 2.27. The van der Waals surface area contributed by atoms with Gasteiger partial charge in [0.1, 0.15) is 5.75 Å². The number of thiophene rings is 1. The second-order valence-corrected chi connectivity index (χ2v) is 5.58. The standard InChI is InChI=1S/C13H18O2S/c1-9-3-5-10(6-4-9)13(14)12-7-11(15-2)8-16-12/h7-10H,3-6H2,1-2H3. The molecule has 2 nitrogen and oxygen atoms in total. The van der Waals surface area contributed by atoms with Crippen molar-refractivity contribution in [3.8, 4) is 5.75 Å². The van der Waals surface area contributed by atoms with Crippen LogP contribution in [0.5, 0.6) is 5.75 Å². The van der Waals surface area contributed by atoms with Gasteiger partial charge in [0.25, 0.3) is 0 Å². The average molecular weight is 238 g/mol. The van der Waals surface area contributed by atoms with Gasteiger partial charge in [0.05, 0.1) is 12.0 Å². The molecule has 88 valence electrons. The fourth-order valence-corrected chi connectivity index (χ4v) is 3.15. The highest BCUT2D eigenvalue weighted by Crippen LogP contribution is 2.33. The monoisotopic (exact) mass is 238 g/mol. The van der Waals surface area contributed by atoms with E-state index in [1.54, 1.807) is 7.11 Å². The molecule has 0 N–H and O–H groups in total. The summed E-state index contributed by atoms with van der Waals surface area (Å²) in [4.78, 5) is 13.0. The van der Waals surface area contributed by atoms with Crippen LogP contribution in [-0.4, -0.2) is 12.9 Å². The molecule has 1 aliphatic rings. The number of ketones is 1. The first-order valence-corrected chi connectivity index (χ1v) is 6.75. The largest absolute Gasteiger partial charge is 0.496 e. The van der Waals surface area contributed by atoms with Crippen molar-refractivity contribution >= 4 is 17.1 Å². The molecule has 1 saturated carbocycles. The van der Waals surface area contributed by atoms with E-state index in [1.165, 1.54) is 24.2 Å². The third-order valence-electron chi connectivity index (χ3n) is 3.44. The third-order valence-corrected chi connectivity index (χ3v) is 4.36. The van der Waals surface area contributed by atoms with Gasteiger partial charge in [-0.25, -0.2) is 0 Å². The van der Waals surface area contributed by atoms with Gasteiger partial charge in [0.15, 0.2) is 5.78 Å². The van der Waals surface area contributed by atoms with E-state index >= 15 is 0 Å². The molecule has 0 bridgehead atoms. The predicted molar refractivity (Wildman–Crippen MR) is 66.3 cm³/mol. The summed E-state index contributed by atoms with van der Waals surface area (Å²) in [5.74, 6) is 2.17. The van der Waals surface area contributed by atoms with Gasteiger partial charge in [-0.05, 0) is 18.8 Å². The van der Waals surface area contributed by atoms with Crippen LogP contribution in [0.15, 0.2) is 11.4 Å². The molecular weight excluding hydrogens is 220 g/mol. The van der Waals surface area contributed by atoms with E-state index in [1.807, 2.05) is 11.4 Å². The van der Waals surface area contributed by atoms with Gasteiger partial charge < -0.3 is 4.74 Å². The van der Waals surface area contributed by atoms with Gasteiger partial charge >= 0.3 is 0 Å². The van der Waals surface area contributed by atoms with Crippen molar-refractivity contribution in [2.45, 2.75) is 32.6 Å². The van der Waals surface area contributed by atoms with Crippen LogP contribution in [0.25, 0.3) is 0 Å². The molecule has 1 heterocycles. The number of Topliss-reactive ketones (excluding diaryl/α,β-unsaturated/α-hetero) is 1. The number of rotatable bonds is 3. The molecule has 0 amide bonds. The van der Waals surface area contributed by atoms with Crippen molar-refractivity contribution in [3.63, 3.8) is 0 Å². The molecule has 1 aromatic heterocycles. The fourth-order valence-electron chi connectivity index (χ4n) is 2.28. The molecule has 0 atom stereocenters. The minimum Gasteiger partial charge on any atom is -0.496 e. The summed E-state index contributed by atoms with van der Waals surface area (Å²) in [7, 11) is 1.64. The van der Waals surface area contributed by atoms with Gasteiger partial charge in [0.2, 0.25) is 0 Å². The maximum absolute atomic E-state index is 12.2. The van der Waals surface area contributed by atoms with Crippen molar-refractivity contribution in [1.82, 2.24) is 0 Å². The molecule has 1 aromatic rings. The summed E-state index contributed by atoms with van der Waals surface area (Å²) < 4.78 is 5.11. The molecule has 2 rings (SSSR count). The molecule has 3 heteroatoms. The fraction of sp³-hybridized carbons (Fsp3) is 0.615. The van der Waals surface area contributed by atoms with Crippen molar-refractivity contribution in [3.05, 3.63) is 16.3 Å². The third kappa shape index (κ3) is 2.46. The summed E-state index contributed by atoms with van der Waals surface area (Å²) in [6.07, 6.45) is 4.50. The Morgan fingerprint density at radius 3 is 2.62 bits per heavy atom. The minimum absolute atomic E-state index is 0.250. The molecule has 0 aliphatic heterocycles. The van der Waals surface area contributed by atoms with E-state index in [-0.39, 0.29) is 5.92 Å². The molecule has 1 fully saturated rings. The number of hydrogen-bond donors (Lipinski definition) is 0. The Bertz CT molecular complexity index is 362. The van der Waals surface area contributed by atoms with Gasteiger partial charge in [-0.1, -0.05) is 19.8 Å². The van der Waals surface area contributed by atoms with Crippen molar-refractivity contribution in [2.24, 2.45) is 11.8 Å². The quantitative estimate of drug-likeness (QED) is 0.749. The maximum atomic E-state index is 12.2. The Hall–Kier alpha value is -0.830. The smallest absolute Gasteiger partial charge is 0.175 e. The zero-order valence-corrected chi connectivity index (χ0v) is 10.7. The summed E-state index contributed by atoms with van der Waals surface area (Å²) in [5, 5.41) is 1.90. The second-order valence-electron chi connectivity index (χ2n) is 4.67. The van der Waals surface area contributed by atoms with Crippen LogP contribution in [0.1, 0.15) is 42.3 Å². The Morgan fingerprint density at radius 1 is 1.38 bits per heavy atom. The molecular formula is C13H18O2S. The maximum Gasteiger partial charge on any atom is 0.175 e. The van der Waals surface area contributed by atoms with Gasteiger partial charge in [-0.2, -0.15) is 0 Å². The molecule has 0 unspecified atom stereocenters. The van der Waals surface area contributed by atoms with Crippen LogP contribution >= 0.6 is 11.3 Å². The van der Waals surface area contributed by atoms with E-state index in [0.29, 0.717) is 5.78 Å². The van der Waals surface area contributed by atoms with Crippen LogP contribution in [0.2, 0.25) is 0 Å². The summed E-state index contributed by atoms with van der Waals surface area (Å²) in [5.41, 5.74) is 0. The Labute approximate surface area is 101 Å². The molecule has 0 aromatic carbocycles. The summed E-state index contributed by atoms with van der Waals surface area (Å²) in [6, 6.07) is 1.87. The average Bonchev–Trinajstić information content (AvgIpc) is 2.77. The lowest BCUT2D eigenvalue weighted by Gasteiger charge is -2.24. The SMILES string of the molecule is COc1csc(C(=O)C2CCC(C)CC2)c1. The van der Waals surface area contributed by atoms with Gasteiger partial charge in [-0.15, -0.1) is 11.3 Å². The Kier molecular flexibility index (Phi) is 3.64. The number of ether oxygens (including phenoxy) is 1. The highest BCUT2D eigenvalue weighted by molar-refractivity contribution is 7.12. The van der Waals surface area contributed by atoms with Crippen molar-refractivity contribution in [2.75, 3.05) is 7.11 Å². The molecule has 1 aliphatic carbocycles. The number of methoxy groups -OCH3 is 1. The Morgan fingerprint density at radius 2 is 2.06 bits per heavy atom. The number of hydrogen-bond acceptors (Lipinski definition) is 3. The molecule has 0 radical (unpaired) electrons. The van der Waals surface area contributed by atoms with Crippen LogP contribution in [-0.2, 0) is 0 Å². The topological polar surface area (TPSA) is 26.3 Å². The van der Waals surface area contributed by atoms with Crippen LogP contribution in [0.3, 0.4) is 0 Å². The van der Waals surface area contributed by atoms with E-state index < -0.39 is 0 Å². The molecule has 0 saturated heterocycles. The molecule has 16 heavy (non-hydrogen) atoms.